The van der Waals surface area contributed by atoms with Crippen molar-refractivity contribution in [3.63, 3.8) is 0 Å². The Morgan fingerprint density at radius 2 is 2.38 bits per heavy atom. The third kappa shape index (κ3) is 1.19. The van der Waals surface area contributed by atoms with Gasteiger partial charge in [0.1, 0.15) is 4.60 Å². The van der Waals surface area contributed by atoms with Crippen molar-refractivity contribution in [2.24, 2.45) is 0 Å². The van der Waals surface area contributed by atoms with Gasteiger partial charge in [0.05, 0.1) is 6.20 Å². The highest BCUT2D eigenvalue weighted by Crippen LogP contribution is 1.99. The Balaban J connectivity index is 3.08. The number of halogens is 2. The third-order valence-electron chi connectivity index (χ3n) is 0.504. The molecule has 1 aromatic rings. The molecule has 1 heterocycles. The zero-order chi connectivity index (χ0) is 5.98. The van der Waals surface area contributed by atoms with Crippen molar-refractivity contribution in [1.29, 1.82) is 0 Å². The first-order valence-electron chi connectivity index (χ1n) is 1.80. The summed E-state index contributed by atoms with van der Waals surface area (Å²) in [4.78, 5) is 3.25. The summed E-state index contributed by atoms with van der Waals surface area (Å²) in [5.74, 6) is 0. The van der Waals surface area contributed by atoms with E-state index in [1.165, 1.54) is 6.20 Å². The van der Waals surface area contributed by atoms with Crippen molar-refractivity contribution >= 4 is 15.9 Å². The standard InChI is InChI=1S/C3HBrFN3/c4-2-1-6-8-3(5)7-2/h1H. The van der Waals surface area contributed by atoms with Crippen molar-refractivity contribution < 1.29 is 4.39 Å². The molecule has 0 amide bonds. The number of rotatable bonds is 0. The van der Waals surface area contributed by atoms with Crippen molar-refractivity contribution in [2.45, 2.75) is 0 Å². The van der Waals surface area contributed by atoms with Crippen LogP contribution < -0.4 is 0 Å². The second kappa shape index (κ2) is 2.13. The summed E-state index contributed by atoms with van der Waals surface area (Å²) in [6, 6.07) is 0. The second-order valence-corrected chi connectivity index (χ2v) is 1.86. The quantitative estimate of drug-likeness (QED) is 0.588. The first-order chi connectivity index (χ1) is 3.79. The van der Waals surface area contributed by atoms with Gasteiger partial charge in [-0.2, -0.15) is 14.5 Å². The smallest absolute Gasteiger partial charge is 0.192 e. The van der Waals surface area contributed by atoms with Crippen LogP contribution in [-0.2, 0) is 0 Å². The first kappa shape index (κ1) is 5.55. The minimum absolute atomic E-state index is 0.352. The maximum atomic E-state index is 11.9. The van der Waals surface area contributed by atoms with Gasteiger partial charge in [0.2, 0.25) is 0 Å². The zero-order valence-electron chi connectivity index (χ0n) is 3.67. The van der Waals surface area contributed by atoms with E-state index in [9.17, 15) is 4.39 Å². The summed E-state index contributed by atoms with van der Waals surface area (Å²) in [5, 5.41) is 6.23. The van der Waals surface area contributed by atoms with Crippen molar-refractivity contribution in [3.8, 4) is 0 Å². The first-order valence-corrected chi connectivity index (χ1v) is 2.59. The van der Waals surface area contributed by atoms with E-state index in [0.29, 0.717) is 4.60 Å². The predicted molar refractivity (Wildman–Crippen MR) is 27.5 cm³/mol. The summed E-state index contributed by atoms with van der Waals surface area (Å²) in [7, 11) is 0. The maximum Gasteiger partial charge on any atom is 0.328 e. The van der Waals surface area contributed by atoms with Crippen molar-refractivity contribution in [2.75, 3.05) is 0 Å². The van der Waals surface area contributed by atoms with E-state index in [2.05, 4.69) is 31.1 Å². The van der Waals surface area contributed by atoms with Crippen LogP contribution >= 0.6 is 15.9 Å². The highest BCUT2D eigenvalue weighted by Gasteiger charge is 1.91. The largest absolute Gasteiger partial charge is 0.328 e. The van der Waals surface area contributed by atoms with E-state index < -0.39 is 6.08 Å². The molecular weight excluding hydrogens is 177 g/mol. The fraction of sp³-hybridized carbons (Fsp3) is 0. The van der Waals surface area contributed by atoms with Gasteiger partial charge in [0.25, 0.3) is 0 Å². The molecule has 0 fully saturated rings. The van der Waals surface area contributed by atoms with Crippen LogP contribution in [0.1, 0.15) is 0 Å². The zero-order valence-corrected chi connectivity index (χ0v) is 5.26. The lowest BCUT2D eigenvalue weighted by Crippen LogP contribution is -1.90. The molecule has 0 saturated carbocycles. The molecule has 1 aromatic heterocycles. The van der Waals surface area contributed by atoms with Gasteiger partial charge in [-0.05, 0) is 15.9 Å². The summed E-state index contributed by atoms with van der Waals surface area (Å²) in [6.07, 6.45) is 0.489. The fourth-order valence-electron chi connectivity index (χ4n) is 0.264. The van der Waals surface area contributed by atoms with Crippen molar-refractivity contribution in [3.05, 3.63) is 16.9 Å². The molecular formula is C3HBrFN3. The van der Waals surface area contributed by atoms with Crippen LogP contribution in [0.3, 0.4) is 0 Å². The number of nitrogens with zero attached hydrogens (tertiary/aromatic N) is 3. The van der Waals surface area contributed by atoms with Crippen LogP contribution in [0.4, 0.5) is 4.39 Å². The van der Waals surface area contributed by atoms with Gasteiger partial charge in [0.15, 0.2) is 0 Å². The van der Waals surface area contributed by atoms with E-state index >= 15 is 0 Å². The Labute approximate surface area is 53.1 Å². The average Bonchev–Trinajstić information content (AvgIpc) is 1.64. The number of hydrogen-bond donors (Lipinski definition) is 0. The third-order valence-corrected chi connectivity index (χ3v) is 0.886. The van der Waals surface area contributed by atoms with Gasteiger partial charge in [-0.15, -0.1) is 0 Å². The van der Waals surface area contributed by atoms with E-state index in [1.54, 1.807) is 0 Å². The van der Waals surface area contributed by atoms with Crippen LogP contribution in [-0.4, -0.2) is 15.2 Å². The normalized spacial score (nSPS) is 9.25. The minimum atomic E-state index is -0.820. The number of hydrogen-bond acceptors (Lipinski definition) is 3. The summed E-state index contributed by atoms with van der Waals surface area (Å²) >= 11 is 2.91. The molecule has 0 saturated heterocycles. The van der Waals surface area contributed by atoms with Gasteiger partial charge in [-0.3, -0.25) is 0 Å². The van der Waals surface area contributed by atoms with E-state index in [-0.39, 0.29) is 0 Å². The van der Waals surface area contributed by atoms with Gasteiger partial charge in [0, 0.05) is 0 Å². The fourth-order valence-corrected chi connectivity index (χ4v) is 0.501. The Morgan fingerprint density at radius 3 is 2.75 bits per heavy atom. The second-order valence-electron chi connectivity index (χ2n) is 1.05. The van der Waals surface area contributed by atoms with Crippen molar-refractivity contribution in [1.82, 2.24) is 15.2 Å². The lowest BCUT2D eigenvalue weighted by molar-refractivity contribution is 0.514. The molecule has 0 bridgehead atoms. The predicted octanol–water partition coefficient (Wildman–Crippen LogP) is 0.773. The molecule has 0 spiro atoms. The molecule has 0 aromatic carbocycles. The lowest BCUT2D eigenvalue weighted by atomic mass is 10.9. The molecule has 0 unspecified atom stereocenters. The molecule has 3 nitrogen and oxygen atoms in total. The highest BCUT2D eigenvalue weighted by atomic mass is 79.9. The van der Waals surface area contributed by atoms with Gasteiger partial charge >= 0.3 is 6.08 Å². The Hall–Kier alpha value is -0.580. The highest BCUT2D eigenvalue weighted by molar-refractivity contribution is 9.10. The van der Waals surface area contributed by atoms with Crippen LogP contribution in [0.25, 0.3) is 0 Å². The molecule has 1 rings (SSSR count). The summed E-state index contributed by atoms with van der Waals surface area (Å²) in [6.45, 7) is 0. The van der Waals surface area contributed by atoms with Crippen LogP contribution in [0.2, 0.25) is 0 Å². The SMILES string of the molecule is Fc1nncc(Br)n1. The average molecular weight is 178 g/mol. The summed E-state index contributed by atoms with van der Waals surface area (Å²) < 4.78 is 12.2. The van der Waals surface area contributed by atoms with E-state index in [0.717, 1.165) is 0 Å². The van der Waals surface area contributed by atoms with Crippen LogP contribution in [0.15, 0.2) is 10.8 Å². The van der Waals surface area contributed by atoms with Crippen LogP contribution in [0.5, 0.6) is 0 Å². The van der Waals surface area contributed by atoms with E-state index in [4.69, 9.17) is 0 Å². The molecule has 8 heavy (non-hydrogen) atoms. The van der Waals surface area contributed by atoms with Crippen LogP contribution in [0, 0.1) is 6.08 Å². The number of aromatic nitrogens is 3. The monoisotopic (exact) mass is 177 g/mol. The molecule has 0 aliphatic carbocycles. The lowest BCUT2D eigenvalue weighted by Gasteiger charge is -1.82. The Kier molecular flexibility index (Phi) is 1.48. The van der Waals surface area contributed by atoms with Gasteiger partial charge in [-0.25, -0.2) is 0 Å². The molecule has 5 heteroatoms. The topological polar surface area (TPSA) is 38.7 Å². The molecule has 0 N–H and O–H groups in total. The Morgan fingerprint density at radius 1 is 1.62 bits per heavy atom. The minimum Gasteiger partial charge on any atom is -0.192 e. The molecule has 0 aliphatic rings. The van der Waals surface area contributed by atoms with Gasteiger partial charge in [-0.1, -0.05) is 5.10 Å². The molecule has 0 atom stereocenters. The van der Waals surface area contributed by atoms with Gasteiger partial charge < -0.3 is 0 Å². The Bertz CT molecular complexity index is 174. The van der Waals surface area contributed by atoms with E-state index in [1.807, 2.05) is 0 Å². The molecule has 42 valence electrons. The molecule has 0 aliphatic heterocycles. The summed E-state index contributed by atoms with van der Waals surface area (Å²) in [5.41, 5.74) is 0. The molecule has 0 radical (unpaired) electrons. The maximum absolute atomic E-state index is 11.9.